The first-order valence-corrected chi connectivity index (χ1v) is 13.7. The molecule has 0 fully saturated rings. The highest BCUT2D eigenvalue weighted by molar-refractivity contribution is 6.35. The number of allylic oxidation sites excluding steroid dienone is 1. The molecule has 0 radical (unpaired) electrons. The van der Waals surface area contributed by atoms with Crippen LogP contribution in [0.2, 0.25) is 0 Å². The van der Waals surface area contributed by atoms with Crippen molar-refractivity contribution in [2.45, 2.75) is 0 Å². The highest BCUT2D eigenvalue weighted by Gasteiger charge is 2.21. The number of hydrogen-bond donors (Lipinski definition) is 4. The van der Waals surface area contributed by atoms with Crippen molar-refractivity contribution >= 4 is 83.8 Å². The lowest BCUT2D eigenvalue weighted by Gasteiger charge is -2.08. The Balaban J connectivity index is 1.31. The van der Waals surface area contributed by atoms with Crippen LogP contribution in [0.25, 0.3) is 70.7 Å². The highest BCUT2D eigenvalue weighted by Crippen LogP contribution is 2.37. The minimum absolute atomic E-state index is 0.0211. The topological polar surface area (TPSA) is 98.3 Å². The zero-order chi connectivity index (χ0) is 28.4. The van der Waals surface area contributed by atoms with E-state index in [1.165, 1.54) is 6.08 Å². The fourth-order valence-electron chi connectivity index (χ4n) is 6.29. The molecule has 4 N–H and O–H groups in total. The van der Waals surface area contributed by atoms with Gasteiger partial charge in [-0.3, -0.25) is 4.79 Å². The van der Waals surface area contributed by atoms with Crippen molar-refractivity contribution in [1.29, 1.82) is 0 Å². The molecule has 0 spiro atoms. The first-order chi connectivity index (χ1) is 20.6. The smallest absolute Gasteiger partial charge is 0.510 e. The van der Waals surface area contributed by atoms with Gasteiger partial charge in [0.05, 0.1) is 22.4 Å². The van der Waals surface area contributed by atoms with Crippen LogP contribution in [-0.2, 0) is 4.65 Å². The second kappa shape index (κ2) is 9.34. The third-order valence-electron chi connectivity index (χ3n) is 8.07. The van der Waals surface area contributed by atoms with Gasteiger partial charge in [0, 0.05) is 27.6 Å². The van der Waals surface area contributed by atoms with Crippen molar-refractivity contribution in [3.05, 3.63) is 127 Å². The van der Waals surface area contributed by atoms with E-state index < -0.39 is 7.32 Å². The Morgan fingerprint density at radius 2 is 0.905 bits per heavy atom. The first-order valence-electron chi connectivity index (χ1n) is 13.7. The third kappa shape index (κ3) is 3.72. The molecule has 2 aromatic heterocycles. The molecule has 0 aliphatic carbocycles. The summed E-state index contributed by atoms with van der Waals surface area (Å²) >= 11 is 0. The molecule has 0 aliphatic rings. The van der Waals surface area contributed by atoms with Crippen LogP contribution < -0.4 is 0 Å². The molecule has 0 saturated carbocycles. The van der Waals surface area contributed by atoms with Gasteiger partial charge in [-0.25, -0.2) is 0 Å². The Hall–Kier alpha value is -5.37. The molecule has 7 heteroatoms. The lowest BCUT2D eigenvalue weighted by Crippen LogP contribution is -2.16. The lowest BCUT2D eigenvalue weighted by atomic mass is 9.98. The van der Waals surface area contributed by atoms with Gasteiger partial charge >= 0.3 is 7.32 Å². The standard InChI is InChI=1S/C35H23BN2O4/c39-32(30-17-28-24-13-3-1-9-20(24)22-11-5-7-15-26(22)34(28)37-30)19-33(42-36(40)41)31-18-29-25-14-4-2-10-21(25)23-12-6-8-16-27(23)35(29)38-31/h1-19,37-38,40-41H/b33-19-. The van der Waals surface area contributed by atoms with E-state index in [1.54, 1.807) is 0 Å². The molecular weight excluding hydrogens is 523 g/mol. The Kier molecular flexibility index (Phi) is 5.44. The van der Waals surface area contributed by atoms with E-state index in [0.717, 1.165) is 64.9 Å². The van der Waals surface area contributed by atoms with Gasteiger partial charge in [-0.15, -0.1) is 0 Å². The van der Waals surface area contributed by atoms with Crippen molar-refractivity contribution in [2.24, 2.45) is 0 Å². The van der Waals surface area contributed by atoms with Crippen LogP contribution in [0.5, 0.6) is 0 Å². The van der Waals surface area contributed by atoms with Crippen molar-refractivity contribution < 1.29 is 19.5 Å². The van der Waals surface area contributed by atoms with Gasteiger partial charge in [-0.2, -0.15) is 0 Å². The number of H-pyrrole nitrogens is 2. The summed E-state index contributed by atoms with van der Waals surface area (Å²) in [7, 11) is -2.11. The molecule has 6 nitrogen and oxygen atoms in total. The summed E-state index contributed by atoms with van der Waals surface area (Å²) in [6.07, 6.45) is 1.30. The summed E-state index contributed by atoms with van der Waals surface area (Å²) in [6, 6.07) is 36.2. The van der Waals surface area contributed by atoms with Crippen molar-refractivity contribution in [3.63, 3.8) is 0 Å². The molecule has 8 rings (SSSR count). The molecule has 0 atom stereocenters. The highest BCUT2D eigenvalue weighted by atomic mass is 16.6. The van der Waals surface area contributed by atoms with Crippen LogP contribution in [0.3, 0.4) is 0 Å². The quantitative estimate of drug-likeness (QED) is 0.0592. The summed E-state index contributed by atoms with van der Waals surface area (Å²) in [4.78, 5) is 20.4. The van der Waals surface area contributed by atoms with Crippen molar-refractivity contribution in [1.82, 2.24) is 9.97 Å². The number of carbonyl (C=O) groups is 1. The molecule has 0 aliphatic heterocycles. The predicted molar refractivity (Wildman–Crippen MR) is 170 cm³/mol. The number of carbonyl (C=O) groups excluding carboxylic acids is 1. The van der Waals surface area contributed by atoms with Gasteiger partial charge in [0.15, 0.2) is 0 Å². The van der Waals surface area contributed by atoms with Crippen molar-refractivity contribution in [3.8, 4) is 0 Å². The number of hydrogen-bond acceptors (Lipinski definition) is 4. The second-order valence-corrected chi connectivity index (χ2v) is 10.4. The average Bonchev–Trinajstić information content (AvgIpc) is 3.68. The normalized spacial score (nSPS) is 12.3. The van der Waals surface area contributed by atoms with E-state index >= 15 is 0 Å². The third-order valence-corrected chi connectivity index (χ3v) is 8.07. The monoisotopic (exact) mass is 546 g/mol. The van der Waals surface area contributed by atoms with Crippen LogP contribution in [0, 0.1) is 0 Å². The molecule has 8 aromatic rings. The van der Waals surface area contributed by atoms with Crippen LogP contribution in [0.1, 0.15) is 16.2 Å². The fourth-order valence-corrected chi connectivity index (χ4v) is 6.29. The Morgan fingerprint density at radius 1 is 0.548 bits per heavy atom. The molecular formula is C35H23BN2O4. The van der Waals surface area contributed by atoms with Gasteiger partial charge < -0.3 is 24.7 Å². The lowest BCUT2D eigenvalue weighted by molar-refractivity contribution is 0.104. The van der Waals surface area contributed by atoms with Crippen molar-refractivity contribution in [2.75, 3.05) is 0 Å². The first kappa shape index (κ1) is 24.4. The fraction of sp³-hybridized carbons (Fsp3) is 0. The minimum atomic E-state index is -2.11. The second-order valence-electron chi connectivity index (χ2n) is 10.4. The van der Waals surface area contributed by atoms with Crippen LogP contribution in [0.4, 0.5) is 0 Å². The average molecular weight is 546 g/mol. The maximum atomic E-state index is 13.7. The Bertz CT molecular complexity index is 2250. The zero-order valence-corrected chi connectivity index (χ0v) is 22.3. The summed E-state index contributed by atoms with van der Waals surface area (Å²) < 4.78 is 5.40. The Morgan fingerprint density at radius 3 is 1.36 bits per heavy atom. The summed E-state index contributed by atoms with van der Waals surface area (Å²) in [6.45, 7) is 0. The van der Waals surface area contributed by atoms with Gasteiger partial charge in [-0.1, -0.05) is 97.1 Å². The maximum absolute atomic E-state index is 13.7. The van der Waals surface area contributed by atoms with Gasteiger partial charge in [0.1, 0.15) is 5.76 Å². The molecule has 0 bridgehead atoms. The van der Waals surface area contributed by atoms with Crippen LogP contribution >= 0.6 is 0 Å². The summed E-state index contributed by atoms with van der Waals surface area (Å²) in [5.41, 5.74) is 2.57. The number of rotatable bonds is 5. The largest absolute Gasteiger partial charge is 0.707 e. The molecule has 0 unspecified atom stereocenters. The number of aromatic amines is 2. The summed E-state index contributed by atoms with van der Waals surface area (Å²) in [5, 5.41) is 30.0. The SMILES string of the molecule is O=C(/C=C(\OB(O)O)c1cc2c3ccccc3c3ccccc3c2[nH]1)c1cc2c3ccccc3c3ccccc3c2[nH]1. The number of fused-ring (bicyclic) bond motifs is 12. The predicted octanol–water partition coefficient (Wildman–Crippen LogP) is 7.47. The minimum Gasteiger partial charge on any atom is -0.510 e. The number of benzene rings is 6. The van der Waals surface area contributed by atoms with Gasteiger partial charge in [0.25, 0.3) is 0 Å². The Labute approximate surface area is 239 Å². The van der Waals surface area contributed by atoms with Gasteiger partial charge in [-0.05, 0) is 44.5 Å². The zero-order valence-electron chi connectivity index (χ0n) is 22.3. The molecule has 6 aromatic carbocycles. The molecule has 200 valence electrons. The maximum Gasteiger partial charge on any atom is 0.707 e. The molecule has 0 amide bonds. The number of ketones is 1. The van der Waals surface area contributed by atoms with Gasteiger partial charge in [0.2, 0.25) is 5.78 Å². The van der Waals surface area contributed by atoms with E-state index in [9.17, 15) is 14.8 Å². The van der Waals surface area contributed by atoms with E-state index in [4.69, 9.17) is 4.65 Å². The van der Waals surface area contributed by atoms with E-state index in [0.29, 0.717) is 11.4 Å². The number of nitrogens with one attached hydrogen (secondary N) is 2. The van der Waals surface area contributed by atoms with E-state index in [2.05, 4.69) is 46.4 Å². The summed E-state index contributed by atoms with van der Waals surface area (Å²) in [5.74, 6) is -0.337. The molecule has 2 heterocycles. The molecule has 0 saturated heterocycles. The van der Waals surface area contributed by atoms with Crippen LogP contribution in [0.15, 0.2) is 115 Å². The number of aromatic nitrogens is 2. The van der Waals surface area contributed by atoms with Crippen LogP contribution in [-0.4, -0.2) is 33.1 Å². The van der Waals surface area contributed by atoms with E-state index in [-0.39, 0.29) is 11.5 Å². The van der Waals surface area contributed by atoms with E-state index in [1.807, 2.05) is 72.8 Å². The molecule has 42 heavy (non-hydrogen) atoms.